The van der Waals surface area contributed by atoms with Crippen LogP contribution in [-0.2, 0) is 6.54 Å². The minimum atomic E-state index is -0.301. The first-order chi connectivity index (χ1) is 11.5. The number of hydrogen-bond donors (Lipinski definition) is 0. The highest BCUT2D eigenvalue weighted by atomic mass is 35.5. The van der Waals surface area contributed by atoms with Gasteiger partial charge in [0, 0.05) is 17.5 Å². The molecule has 2 amide bonds. The topological polar surface area (TPSA) is 40.6 Å². The Morgan fingerprint density at radius 2 is 1.75 bits per heavy atom. The summed E-state index contributed by atoms with van der Waals surface area (Å²) in [4.78, 5) is 30.0. The highest BCUT2D eigenvalue weighted by Gasteiger charge is 2.39. The third-order valence-corrected chi connectivity index (χ3v) is 5.92. The van der Waals surface area contributed by atoms with E-state index in [9.17, 15) is 9.59 Å². The second-order valence-corrected chi connectivity index (χ2v) is 7.90. The molecule has 124 valence electrons. The molecule has 0 atom stereocenters. The zero-order valence-corrected chi connectivity index (χ0v) is 15.0. The number of fused-ring (bicyclic) bond motifs is 1. The zero-order valence-electron chi connectivity index (χ0n) is 12.7. The van der Waals surface area contributed by atoms with Crippen LogP contribution >= 0.6 is 34.5 Å². The van der Waals surface area contributed by atoms with Gasteiger partial charge in [0.2, 0.25) is 0 Å². The molecule has 4 rings (SSSR count). The van der Waals surface area contributed by atoms with Crippen molar-refractivity contribution in [1.82, 2.24) is 9.80 Å². The summed E-state index contributed by atoms with van der Waals surface area (Å²) in [6.07, 6.45) is 2.21. The second kappa shape index (κ2) is 6.15. The fourth-order valence-corrected chi connectivity index (χ4v) is 3.99. The molecule has 2 aromatic rings. The SMILES string of the molecule is O=C1c2cc(Cl)c(Cl)cc2C(=O)N1CN(Cc1cccs1)C1CC1. The molecule has 1 fully saturated rings. The van der Waals surface area contributed by atoms with Crippen molar-refractivity contribution in [2.24, 2.45) is 0 Å². The number of benzene rings is 1. The van der Waals surface area contributed by atoms with Gasteiger partial charge in [-0.25, -0.2) is 0 Å². The molecule has 0 saturated heterocycles. The van der Waals surface area contributed by atoms with Crippen molar-refractivity contribution in [2.45, 2.75) is 25.4 Å². The number of thiophene rings is 1. The summed E-state index contributed by atoms with van der Waals surface area (Å²) in [6, 6.07) is 7.49. The highest BCUT2D eigenvalue weighted by Crippen LogP contribution is 2.34. The molecule has 0 unspecified atom stereocenters. The van der Waals surface area contributed by atoms with E-state index < -0.39 is 0 Å². The number of imide groups is 1. The summed E-state index contributed by atoms with van der Waals surface area (Å²) in [7, 11) is 0. The van der Waals surface area contributed by atoms with Crippen molar-refractivity contribution >= 4 is 46.4 Å². The van der Waals surface area contributed by atoms with Crippen LogP contribution < -0.4 is 0 Å². The molecule has 1 saturated carbocycles. The largest absolute Gasteiger partial charge is 0.277 e. The normalized spacial score (nSPS) is 17.0. The molecule has 0 radical (unpaired) electrons. The van der Waals surface area contributed by atoms with E-state index in [4.69, 9.17) is 23.2 Å². The van der Waals surface area contributed by atoms with Crippen LogP contribution in [0.4, 0.5) is 0 Å². The Kier molecular flexibility index (Phi) is 4.12. The van der Waals surface area contributed by atoms with Gasteiger partial charge in [-0.2, -0.15) is 0 Å². The molecule has 1 aliphatic carbocycles. The molecule has 0 N–H and O–H groups in total. The lowest BCUT2D eigenvalue weighted by Gasteiger charge is -2.26. The number of rotatable bonds is 5. The van der Waals surface area contributed by atoms with Crippen LogP contribution in [-0.4, -0.2) is 34.3 Å². The summed E-state index contributed by atoms with van der Waals surface area (Å²) >= 11 is 13.7. The van der Waals surface area contributed by atoms with E-state index in [-0.39, 0.29) is 21.9 Å². The number of halogens is 2. The molecule has 1 aromatic heterocycles. The third-order valence-electron chi connectivity index (χ3n) is 4.34. The third kappa shape index (κ3) is 2.86. The van der Waals surface area contributed by atoms with Crippen LogP contribution in [0.5, 0.6) is 0 Å². The standard InChI is InChI=1S/C17H14Cl2N2O2S/c18-14-6-12-13(7-15(14)19)17(23)21(16(12)22)9-20(10-3-4-10)8-11-2-1-5-24-11/h1-2,5-7,10H,3-4,8-9H2. The molecular formula is C17H14Cl2N2O2S. The van der Waals surface area contributed by atoms with Crippen LogP contribution in [0, 0.1) is 0 Å². The van der Waals surface area contributed by atoms with Gasteiger partial charge in [0.05, 0.1) is 27.8 Å². The van der Waals surface area contributed by atoms with Crippen molar-refractivity contribution < 1.29 is 9.59 Å². The second-order valence-electron chi connectivity index (χ2n) is 6.05. The Hall–Kier alpha value is -1.40. The van der Waals surface area contributed by atoms with Crippen molar-refractivity contribution in [3.05, 3.63) is 55.7 Å². The maximum atomic E-state index is 12.6. The lowest BCUT2D eigenvalue weighted by molar-refractivity contribution is 0.0523. The fraction of sp³-hybridized carbons (Fsp3) is 0.294. The smallest absolute Gasteiger partial charge is 0.262 e. The average Bonchev–Trinajstić information content (AvgIpc) is 3.24. The van der Waals surface area contributed by atoms with Crippen LogP contribution in [0.3, 0.4) is 0 Å². The van der Waals surface area contributed by atoms with Crippen molar-refractivity contribution in [3.8, 4) is 0 Å². The summed E-state index contributed by atoms with van der Waals surface area (Å²) in [6.45, 7) is 1.04. The van der Waals surface area contributed by atoms with E-state index in [0.29, 0.717) is 23.8 Å². The van der Waals surface area contributed by atoms with Gasteiger partial charge in [-0.05, 0) is 36.4 Å². The molecule has 2 aliphatic rings. The minimum Gasteiger partial charge on any atom is -0.277 e. The Morgan fingerprint density at radius 3 is 2.25 bits per heavy atom. The number of hydrogen-bond acceptors (Lipinski definition) is 4. The van der Waals surface area contributed by atoms with E-state index >= 15 is 0 Å². The van der Waals surface area contributed by atoms with Crippen molar-refractivity contribution in [3.63, 3.8) is 0 Å². The first kappa shape index (κ1) is 16.1. The molecule has 7 heteroatoms. The van der Waals surface area contributed by atoms with Gasteiger partial charge in [-0.3, -0.25) is 19.4 Å². The first-order valence-electron chi connectivity index (χ1n) is 7.66. The van der Waals surface area contributed by atoms with E-state index in [1.807, 2.05) is 11.4 Å². The number of nitrogens with zero attached hydrogens (tertiary/aromatic N) is 2. The highest BCUT2D eigenvalue weighted by molar-refractivity contribution is 7.09. The van der Waals surface area contributed by atoms with E-state index in [0.717, 1.165) is 19.4 Å². The number of carbonyl (C=O) groups is 2. The first-order valence-corrected chi connectivity index (χ1v) is 9.30. The quantitative estimate of drug-likeness (QED) is 0.727. The van der Waals surface area contributed by atoms with Gasteiger partial charge in [0.1, 0.15) is 0 Å². The van der Waals surface area contributed by atoms with Crippen molar-refractivity contribution in [1.29, 1.82) is 0 Å². The summed E-state index contributed by atoms with van der Waals surface area (Å²) in [5.74, 6) is -0.601. The summed E-state index contributed by atoms with van der Waals surface area (Å²) in [5.41, 5.74) is 0.669. The average molecular weight is 381 g/mol. The molecular weight excluding hydrogens is 367 g/mol. The molecule has 2 heterocycles. The van der Waals surface area contributed by atoms with Crippen LogP contribution in [0.1, 0.15) is 38.4 Å². The Morgan fingerprint density at radius 1 is 1.12 bits per heavy atom. The van der Waals surface area contributed by atoms with Crippen LogP contribution in [0.25, 0.3) is 0 Å². The summed E-state index contributed by atoms with van der Waals surface area (Å²) in [5, 5.41) is 2.61. The predicted octanol–water partition coefficient (Wildman–Crippen LogP) is 4.27. The summed E-state index contributed by atoms with van der Waals surface area (Å²) < 4.78 is 0. The number of carbonyl (C=O) groups excluding carboxylic acids is 2. The maximum absolute atomic E-state index is 12.6. The van der Waals surface area contributed by atoms with Crippen molar-refractivity contribution in [2.75, 3.05) is 6.67 Å². The zero-order chi connectivity index (χ0) is 16.8. The van der Waals surface area contributed by atoms with E-state index in [2.05, 4.69) is 11.0 Å². The molecule has 24 heavy (non-hydrogen) atoms. The molecule has 0 bridgehead atoms. The monoisotopic (exact) mass is 380 g/mol. The fourth-order valence-electron chi connectivity index (χ4n) is 2.93. The van der Waals surface area contributed by atoms with Crippen LogP contribution in [0.15, 0.2) is 29.6 Å². The molecule has 0 spiro atoms. The number of amides is 2. The maximum Gasteiger partial charge on any atom is 0.262 e. The molecule has 1 aliphatic heterocycles. The van der Waals surface area contributed by atoms with Crippen LogP contribution in [0.2, 0.25) is 10.0 Å². The Balaban J connectivity index is 1.58. The van der Waals surface area contributed by atoms with Gasteiger partial charge in [0.15, 0.2) is 0 Å². The lowest BCUT2D eigenvalue weighted by Crippen LogP contribution is -2.41. The van der Waals surface area contributed by atoms with E-state index in [1.165, 1.54) is 21.9 Å². The van der Waals surface area contributed by atoms with E-state index in [1.54, 1.807) is 11.3 Å². The minimum absolute atomic E-state index is 0.288. The van der Waals surface area contributed by atoms with Gasteiger partial charge in [-0.15, -0.1) is 11.3 Å². The lowest BCUT2D eigenvalue weighted by atomic mass is 10.1. The predicted molar refractivity (Wildman–Crippen MR) is 94.7 cm³/mol. The van der Waals surface area contributed by atoms with Gasteiger partial charge in [-0.1, -0.05) is 29.3 Å². The van der Waals surface area contributed by atoms with Gasteiger partial charge < -0.3 is 0 Å². The molecule has 1 aromatic carbocycles. The van der Waals surface area contributed by atoms with Gasteiger partial charge >= 0.3 is 0 Å². The Bertz CT molecular complexity index is 777. The molecule has 4 nitrogen and oxygen atoms in total. The van der Waals surface area contributed by atoms with Gasteiger partial charge in [0.25, 0.3) is 11.8 Å². The Labute approximate surface area is 153 Å².